The lowest BCUT2D eigenvalue weighted by Crippen LogP contribution is -2.56. The van der Waals surface area contributed by atoms with E-state index in [0.29, 0.717) is 11.8 Å². The molecule has 0 bridgehead atoms. The Kier molecular flexibility index (Phi) is 3.32. The molecule has 10 heteroatoms. The minimum Gasteiger partial charge on any atom is -0.316 e. The van der Waals surface area contributed by atoms with Gasteiger partial charge in [0.05, 0.1) is 24.6 Å². The predicted octanol–water partition coefficient (Wildman–Crippen LogP) is 1.50. The third-order valence-electron chi connectivity index (χ3n) is 2.84. The van der Waals surface area contributed by atoms with Gasteiger partial charge in [-0.25, -0.2) is 9.78 Å². The molecule has 6 nitrogen and oxygen atoms in total. The number of carbonyl (C=O) groups excluding carboxylic acids is 2. The summed E-state index contributed by atoms with van der Waals surface area (Å²) in [6.07, 6.45) is -2.55. The molecular weight excluding hydrogens is 301 g/mol. The quantitative estimate of drug-likeness (QED) is 0.840. The fourth-order valence-electron chi connectivity index (χ4n) is 1.62. The van der Waals surface area contributed by atoms with Crippen LogP contribution in [0, 0.1) is 0 Å². The van der Waals surface area contributed by atoms with Gasteiger partial charge in [-0.15, -0.1) is 0 Å². The van der Waals surface area contributed by atoms with Crippen LogP contribution in [-0.2, 0) is 11.3 Å². The molecule has 0 aromatic carbocycles. The second kappa shape index (κ2) is 4.58. The minimum atomic E-state index is -4.89. The number of urea groups is 1. The van der Waals surface area contributed by atoms with Gasteiger partial charge in [-0.05, 0) is 6.92 Å². The molecule has 3 amide bonds. The molecule has 1 unspecified atom stereocenters. The number of amides is 3. The summed E-state index contributed by atoms with van der Waals surface area (Å²) < 4.78 is 38.5. The van der Waals surface area contributed by atoms with Crippen molar-refractivity contribution in [3.05, 3.63) is 23.2 Å². The molecule has 0 aliphatic carbocycles. The summed E-state index contributed by atoms with van der Waals surface area (Å²) in [5.41, 5.74) is -2.78. The van der Waals surface area contributed by atoms with Gasteiger partial charge in [0, 0.05) is 0 Å². The van der Waals surface area contributed by atoms with Gasteiger partial charge >= 0.3 is 12.2 Å². The van der Waals surface area contributed by atoms with Gasteiger partial charge in [-0.3, -0.25) is 14.7 Å². The second-order valence-corrected chi connectivity index (χ2v) is 4.66. The maximum Gasteiger partial charge on any atom is 0.420 e. The SMILES string of the molecule is CC1(C(F)(F)F)NC(=O)N(Cc2cnc(Cl)cn2)C1=O. The number of carbonyl (C=O) groups is 2. The zero-order valence-corrected chi connectivity index (χ0v) is 10.8. The van der Waals surface area contributed by atoms with Crippen molar-refractivity contribution >= 4 is 23.5 Å². The minimum absolute atomic E-state index is 0.0890. The molecule has 1 aromatic rings. The highest BCUT2D eigenvalue weighted by molar-refractivity contribution is 6.29. The monoisotopic (exact) mass is 308 g/mol. The highest BCUT2D eigenvalue weighted by Gasteiger charge is 2.64. The van der Waals surface area contributed by atoms with E-state index in [4.69, 9.17) is 11.6 Å². The number of hydrogen-bond acceptors (Lipinski definition) is 4. The molecule has 0 radical (unpaired) electrons. The topological polar surface area (TPSA) is 75.2 Å². The number of alkyl halides is 3. The van der Waals surface area contributed by atoms with Crippen LogP contribution in [0.4, 0.5) is 18.0 Å². The zero-order valence-electron chi connectivity index (χ0n) is 10.0. The normalized spacial score (nSPS) is 23.1. The van der Waals surface area contributed by atoms with Crippen molar-refractivity contribution in [2.75, 3.05) is 0 Å². The number of halogens is 4. The van der Waals surface area contributed by atoms with Gasteiger partial charge < -0.3 is 5.32 Å². The van der Waals surface area contributed by atoms with Crippen molar-refractivity contribution in [1.82, 2.24) is 20.2 Å². The first-order valence-electron chi connectivity index (χ1n) is 5.32. The number of nitrogens with zero attached hydrogens (tertiary/aromatic N) is 3. The first kappa shape index (κ1) is 14.5. The van der Waals surface area contributed by atoms with E-state index in [1.165, 1.54) is 6.20 Å². The zero-order chi connectivity index (χ0) is 15.1. The molecule has 1 aromatic heterocycles. The van der Waals surface area contributed by atoms with Crippen LogP contribution in [0.5, 0.6) is 0 Å². The van der Waals surface area contributed by atoms with Crippen molar-refractivity contribution in [3.63, 3.8) is 0 Å². The van der Waals surface area contributed by atoms with E-state index in [1.807, 2.05) is 0 Å². The van der Waals surface area contributed by atoms with Gasteiger partial charge in [-0.1, -0.05) is 11.6 Å². The maximum absolute atomic E-state index is 12.8. The summed E-state index contributed by atoms with van der Waals surface area (Å²) in [5, 5.41) is 1.73. The van der Waals surface area contributed by atoms with E-state index >= 15 is 0 Å². The molecule has 108 valence electrons. The van der Waals surface area contributed by atoms with Crippen molar-refractivity contribution in [2.24, 2.45) is 0 Å². The number of aromatic nitrogens is 2. The molecule has 1 atom stereocenters. The lowest BCUT2D eigenvalue weighted by atomic mass is 10.0. The Morgan fingerprint density at radius 1 is 1.35 bits per heavy atom. The molecule has 2 heterocycles. The Morgan fingerprint density at radius 3 is 2.45 bits per heavy atom. The van der Waals surface area contributed by atoms with Crippen molar-refractivity contribution in [1.29, 1.82) is 0 Å². The fraction of sp³-hybridized carbons (Fsp3) is 0.400. The van der Waals surface area contributed by atoms with Gasteiger partial charge in [-0.2, -0.15) is 13.2 Å². The summed E-state index contributed by atoms with van der Waals surface area (Å²) in [6, 6.07) is -1.13. The summed E-state index contributed by atoms with van der Waals surface area (Å²) in [7, 11) is 0. The van der Waals surface area contributed by atoms with Crippen molar-refractivity contribution in [3.8, 4) is 0 Å². The summed E-state index contributed by atoms with van der Waals surface area (Å²) in [5.74, 6) is -1.38. The van der Waals surface area contributed by atoms with Crippen LogP contribution >= 0.6 is 11.6 Å². The Bertz CT molecular complexity index is 563. The van der Waals surface area contributed by atoms with Gasteiger partial charge in [0.15, 0.2) is 0 Å². The number of nitrogens with one attached hydrogen (secondary N) is 1. The van der Waals surface area contributed by atoms with E-state index in [-0.39, 0.29) is 10.8 Å². The van der Waals surface area contributed by atoms with Gasteiger partial charge in [0.1, 0.15) is 5.15 Å². The molecule has 1 aliphatic rings. The van der Waals surface area contributed by atoms with E-state index in [0.717, 1.165) is 6.20 Å². The molecule has 1 saturated heterocycles. The number of imide groups is 1. The molecule has 20 heavy (non-hydrogen) atoms. The van der Waals surface area contributed by atoms with Crippen LogP contribution in [-0.4, -0.2) is 38.5 Å². The lowest BCUT2D eigenvalue weighted by molar-refractivity contribution is -0.191. The maximum atomic E-state index is 12.8. The number of rotatable bonds is 2. The third kappa shape index (κ3) is 2.28. The van der Waals surface area contributed by atoms with Crippen LogP contribution in [0.2, 0.25) is 5.15 Å². The molecule has 1 fully saturated rings. The Labute approximate surface area is 115 Å². The molecule has 0 spiro atoms. The smallest absolute Gasteiger partial charge is 0.316 e. The Balaban J connectivity index is 2.24. The van der Waals surface area contributed by atoms with Crippen LogP contribution in [0.3, 0.4) is 0 Å². The van der Waals surface area contributed by atoms with Gasteiger partial charge in [0.2, 0.25) is 5.54 Å². The predicted molar refractivity (Wildman–Crippen MR) is 60.6 cm³/mol. The van der Waals surface area contributed by atoms with E-state index < -0.39 is 30.2 Å². The lowest BCUT2D eigenvalue weighted by Gasteiger charge is -2.24. The standard InChI is InChI=1S/C10H8ClF3N4O2/c1-9(10(12,13)14)7(19)18(8(20)17-9)4-5-2-16-6(11)3-15-5/h2-3H,4H2,1H3,(H,17,20). The average Bonchev–Trinajstić information content (AvgIpc) is 2.56. The van der Waals surface area contributed by atoms with Crippen molar-refractivity contribution in [2.45, 2.75) is 25.2 Å². The van der Waals surface area contributed by atoms with Crippen LogP contribution in [0.1, 0.15) is 12.6 Å². The van der Waals surface area contributed by atoms with E-state index in [9.17, 15) is 22.8 Å². The summed E-state index contributed by atoms with van der Waals surface area (Å²) in [4.78, 5) is 31.2. The van der Waals surface area contributed by atoms with Crippen LogP contribution in [0.25, 0.3) is 0 Å². The molecular formula is C10H8ClF3N4O2. The Morgan fingerprint density at radius 2 is 2.00 bits per heavy atom. The molecule has 0 saturated carbocycles. The van der Waals surface area contributed by atoms with E-state index in [1.54, 1.807) is 5.32 Å². The summed E-state index contributed by atoms with van der Waals surface area (Å²) in [6.45, 7) is 0.196. The third-order valence-corrected chi connectivity index (χ3v) is 3.03. The van der Waals surface area contributed by atoms with Crippen molar-refractivity contribution < 1.29 is 22.8 Å². The number of hydrogen-bond donors (Lipinski definition) is 1. The molecule has 1 aliphatic heterocycles. The highest BCUT2D eigenvalue weighted by atomic mass is 35.5. The molecule has 1 N–H and O–H groups in total. The first-order valence-corrected chi connectivity index (χ1v) is 5.70. The van der Waals surface area contributed by atoms with E-state index in [2.05, 4.69) is 9.97 Å². The Hall–Kier alpha value is -1.90. The second-order valence-electron chi connectivity index (χ2n) is 4.27. The first-order chi connectivity index (χ1) is 9.15. The largest absolute Gasteiger partial charge is 0.420 e. The summed E-state index contributed by atoms with van der Waals surface area (Å²) >= 11 is 5.51. The average molecular weight is 309 g/mol. The highest BCUT2D eigenvalue weighted by Crippen LogP contribution is 2.35. The van der Waals surface area contributed by atoms with Crippen LogP contribution in [0.15, 0.2) is 12.4 Å². The molecule has 2 rings (SSSR count). The van der Waals surface area contributed by atoms with Crippen LogP contribution < -0.4 is 5.32 Å². The van der Waals surface area contributed by atoms with Gasteiger partial charge in [0.25, 0.3) is 5.91 Å². The fourth-order valence-corrected chi connectivity index (χ4v) is 1.71.